The minimum Gasteiger partial charge on any atom is -0.299 e. The third-order valence-corrected chi connectivity index (χ3v) is 9.87. The van der Waals surface area contributed by atoms with Gasteiger partial charge in [0.1, 0.15) is 11.6 Å². The Hall–Kier alpha value is -0.920. The van der Waals surface area contributed by atoms with E-state index in [4.69, 9.17) is 0 Å². The highest BCUT2D eigenvalue weighted by Crippen LogP contribution is 2.66. The Morgan fingerprint density at radius 3 is 2.52 bits per heavy atom. The molecule has 0 N–H and O–H groups in total. The molecule has 3 saturated carbocycles. The minimum absolute atomic E-state index is 0.00173. The van der Waals surface area contributed by atoms with Crippen molar-refractivity contribution in [3.05, 3.63) is 12.2 Å². The smallest absolute Gasteiger partial charge is 0.137 e. The van der Waals surface area contributed by atoms with Gasteiger partial charge in [-0.1, -0.05) is 66.0 Å². The van der Waals surface area contributed by atoms with Crippen LogP contribution in [0.4, 0.5) is 0 Å². The van der Waals surface area contributed by atoms with E-state index in [1.807, 2.05) is 0 Å². The number of carbonyl (C=O) groups is 2. The van der Waals surface area contributed by atoms with E-state index in [9.17, 15) is 9.59 Å². The van der Waals surface area contributed by atoms with E-state index in [0.717, 1.165) is 31.6 Å². The largest absolute Gasteiger partial charge is 0.299 e. The zero-order chi connectivity index (χ0) is 21.0. The number of Topliss-reactive ketones (excluding diaryl/α,β-unsaturated/α-hetero) is 2. The summed E-state index contributed by atoms with van der Waals surface area (Å²) in [5.41, 5.74) is 0.0472. The van der Waals surface area contributed by atoms with Crippen molar-refractivity contribution in [2.75, 3.05) is 0 Å². The van der Waals surface area contributed by atoms with Crippen molar-refractivity contribution < 1.29 is 9.59 Å². The third-order valence-electron chi connectivity index (χ3n) is 9.87. The number of hydrogen-bond donors (Lipinski definition) is 0. The maximum absolute atomic E-state index is 13.7. The van der Waals surface area contributed by atoms with E-state index >= 15 is 0 Å². The molecule has 0 saturated heterocycles. The molecule has 0 heterocycles. The minimum atomic E-state index is -0.0215. The average molecular weight is 399 g/mol. The Morgan fingerprint density at radius 2 is 1.79 bits per heavy atom. The maximum Gasteiger partial charge on any atom is 0.137 e. The quantitative estimate of drug-likeness (QED) is 0.487. The second-order valence-electron chi connectivity index (χ2n) is 12.0. The van der Waals surface area contributed by atoms with E-state index in [-0.39, 0.29) is 28.6 Å². The van der Waals surface area contributed by atoms with Gasteiger partial charge in [-0.2, -0.15) is 0 Å². The van der Waals surface area contributed by atoms with Crippen molar-refractivity contribution in [2.24, 2.45) is 52.3 Å². The lowest BCUT2D eigenvalue weighted by atomic mass is 9.44. The molecule has 3 unspecified atom stereocenters. The van der Waals surface area contributed by atoms with Crippen LogP contribution in [0.1, 0.15) is 92.4 Å². The molecule has 0 bridgehead atoms. The summed E-state index contributed by atoms with van der Waals surface area (Å²) < 4.78 is 0. The van der Waals surface area contributed by atoms with Gasteiger partial charge in [0.05, 0.1) is 0 Å². The molecular weight excluding hydrogens is 356 g/mol. The van der Waals surface area contributed by atoms with E-state index in [1.54, 1.807) is 0 Å². The van der Waals surface area contributed by atoms with Crippen LogP contribution < -0.4 is 0 Å². The normalized spacial score (nSPS) is 45.1. The predicted octanol–water partition coefficient (Wildman–Crippen LogP) is 6.63. The lowest BCUT2D eigenvalue weighted by Crippen LogP contribution is -2.59. The molecule has 2 nitrogen and oxygen atoms in total. The number of rotatable bonds is 5. The molecule has 0 radical (unpaired) electrons. The van der Waals surface area contributed by atoms with Gasteiger partial charge < -0.3 is 0 Å². The molecule has 0 aliphatic heterocycles. The molecule has 0 amide bonds. The van der Waals surface area contributed by atoms with Crippen LogP contribution >= 0.6 is 0 Å². The first-order valence-electron chi connectivity index (χ1n) is 12.4. The van der Waals surface area contributed by atoms with Gasteiger partial charge in [0.2, 0.25) is 0 Å². The van der Waals surface area contributed by atoms with Crippen LogP contribution in [0.2, 0.25) is 0 Å². The maximum atomic E-state index is 13.7. The molecule has 4 rings (SSSR count). The van der Waals surface area contributed by atoms with Crippen molar-refractivity contribution in [3.63, 3.8) is 0 Å². The first kappa shape index (κ1) is 21.3. The monoisotopic (exact) mass is 398 g/mol. The fourth-order valence-corrected chi connectivity index (χ4v) is 8.34. The van der Waals surface area contributed by atoms with E-state index in [0.29, 0.717) is 35.7 Å². The standard InChI is InChI=1S/C27H42O2/c1-17(2)9-8-10-18(3)20-12-13-21-24-22(28)15-19-11-6-7-14-26(19,4)25(24)23(29)16-27(20,21)5/h6,11,17-21,24-25H,7-10,12-16H2,1-5H3/t18-,19-,20?,21?,24+,25-,26-,27?/m0/s1. The topological polar surface area (TPSA) is 34.1 Å². The highest BCUT2D eigenvalue weighted by Gasteiger charge is 2.65. The van der Waals surface area contributed by atoms with Crippen molar-refractivity contribution in [3.8, 4) is 0 Å². The average Bonchev–Trinajstić information content (AvgIpc) is 2.98. The zero-order valence-electron chi connectivity index (χ0n) is 19.4. The van der Waals surface area contributed by atoms with E-state index in [1.165, 1.54) is 25.7 Å². The van der Waals surface area contributed by atoms with Gasteiger partial charge in [0.25, 0.3) is 0 Å². The first-order chi connectivity index (χ1) is 13.7. The van der Waals surface area contributed by atoms with Gasteiger partial charge in [-0.3, -0.25) is 9.59 Å². The summed E-state index contributed by atoms with van der Waals surface area (Å²) in [5.74, 6) is 3.55. The van der Waals surface area contributed by atoms with Gasteiger partial charge in [0.15, 0.2) is 0 Å². The van der Waals surface area contributed by atoms with Crippen LogP contribution in [0.25, 0.3) is 0 Å². The zero-order valence-corrected chi connectivity index (χ0v) is 19.4. The number of ketones is 2. The summed E-state index contributed by atoms with van der Waals surface area (Å²) >= 11 is 0. The molecule has 29 heavy (non-hydrogen) atoms. The second kappa shape index (κ2) is 7.65. The predicted molar refractivity (Wildman–Crippen MR) is 118 cm³/mol. The lowest BCUT2D eigenvalue weighted by Gasteiger charge is -2.58. The summed E-state index contributed by atoms with van der Waals surface area (Å²) in [6.07, 6.45) is 14.3. The van der Waals surface area contributed by atoms with Crippen molar-refractivity contribution in [2.45, 2.75) is 92.4 Å². The molecule has 8 atom stereocenters. The molecule has 0 aromatic carbocycles. The van der Waals surface area contributed by atoms with Gasteiger partial charge >= 0.3 is 0 Å². The molecule has 2 heteroatoms. The van der Waals surface area contributed by atoms with Crippen LogP contribution in [-0.2, 0) is 9.59 Å². The van der Waals surface area contributed by atoms with Crippen molar-refractivity contribution >= 4 is 11.6 Å². The molecule has 162 valence electrons. The molecule has 0 aromatic rings. The van der Waals surface area contributed by atoms with Gasteiger partial charge in [0, 0.05) is 24.7 Å². The summed E-state index contributed by atoms with van der Waals surface area (Å²) in [5, 5.41) is 0. The van der Waals surface area contributed by atoms with Crippen LogP contribution in [0.15, 0.2) is 12.2 Å². The fraction of sp³-hybridized carbons (Fsp3) is 0.852. The van der Waals surface area contributed by atoms with E-state index in [2.05, 4.69) is 46.8 Å². The summed E-state index contributed by atoms with van der Waals surface area (Å²) in [6, 6.07) is 0. The van der Waals surface area contributed by atoms with Gasteiger partial charge in [-0.25, -0.2) is 0 Å². The highest BCUT2D eigenvalue weighted by molar-refractivity contribution is 5.94. The molecule has 4 aliphatic carbocycles. The lowest BCUT2D eigenvalue weighted by molar-refractivity contribution is -0.163. The Labute approximate surface area is 178 Å². The third kappa shape index (κ3) is 3.37. The number of hydrogen-bond acceptors (Lipinski definition) is 2. The first-order valence-corrected chi connectivity index (χ1v) is 12.4. The van der Waals surface area contributed by atoms with Crippen molar-refractivity contribution in [1.29, 1.82) is 0 Å². The summed E-state index contributed by atoms with van der Waals surface area (Å²) in [6.45, 7) is 11.7. The molecule has 0 aromatic heterocycles. The van der Waals surface area contributed by atoms with Crippen LogP contribution in [-0.4, -0.2) is 11.6 Å². The Balaban J connectivity index is 1.58. The Kier molecular flexibility index (Phi) is 5.62. The highest BCUT2D eigenvalue weighted by atomic mass is 16.1. The summed E-state index contributed by atoms with van der Waals surface area (Å²) in [7, 11) is 0. The SMILES string of the molecule is CC(C)CCC[C@H](C)C1CCC2[C@@H]3C(=O)C[C@@H]4C=CCC[C@]4(C)[C@H]3C(=O)CC12C. The van der Waals surface area contributed by atoms with E-state index < -0.39 is 0 Å². The van der Waals surface area contributed by atoms with Crippen molar-refractivity contribution in [1.82, 2.24) is 0 Å². The number of allylic oxidation sites excluding steroid dienone is 2. The second-order valence-corrected chi connectivity index (χ2v) is 12.0. The summed E-state index contributed by atoms with van der Waals surface area (Å²) in [4.78, 5) is 27.1. The molecule has 4 aliphatic rings. The van der Waals surface area contributed by atoms with Crippen LogP contribution in [0, 0.1) is 52.3 Å². The molecule has 3 fully saturated rings. The Bertz CT molecular complexity index is 691. The Morgan fingerprint density at radius 1 is 1.03 bits per heavy atom. The van der Waals surface area contributed by atoms with Crippen LogP contribution in [0.5, 0.6) is 0 Å². The number of fused-ring (bicyclic) bond motifs is 5. The fourth-order valence-electron chi connectivity index (χ4n) is 8.34. The number of carbonyl (C=O) groups excluding carboxylic acids is 2. The van der Waals surface area contributed by atoms with Gasteiger partial charge in [-0.15, -0.1) is 0 Å². The molecular formula is C27H42O2. The van der Waals surface area contributed by atoms with Crippen LogP contribution in [0.3, 0.4) is 0 Å². The van der Waals surface area contributed by atoms with Gasteiger partial charge in [-0.05, 0) is 66.1 Å². The molecule has 0 spiro atoms.